The Kier molecular flexibility index (Phi) is 7.45. The summed E-state index contributed by atoms with van der Waals surface area (Å²) in [5.74, 6) is -0.263. The van der Waals surface area contributed by atoms with Crippen molar-refractivity contribution in [3.63, 3.8) is 0 Å². The summed E-state index contributed by atoms with van der Waals surface area (Å²) in [6.07, 6.45) is 1.07. The first-order chi connectivity index (χ1) is 15.6. The summed E-state index contributed by atoms with van der Waals surface area (Å²) in [5.41, 5.74) is 2.58. The van der Waals surface area contributed by atoms with E-state index in [1.54, 1.807) is 24.3 Å². The molecular weight excluding hydrogens is 444 g/mol. The van der Waals surface area contributed by atoms with E-state index < -0.39 is 0 Å². The van der Waals surface area contributed by atoms with Crippen molar-refractivity contribution in [2.24, 2.45) is 0 Å². The van der Waals surface area contributed by atoms with Gasteiger partial charge >= 0.3 is 0 Å². The Morgan fingerprint density at radius 2 is 1.69 bits per heavy atom. The summed E-state index contributed by atoms with van der Waals surface area (Å²) in [7, 11) is 0. The molecule has 1 amide bonds. The van der Waals surface area contributed by atoms with Crippen molar-refractivity contribution >= 4 is 34.5 Å². The van der Waals surface area contributed by atoms with Crippen molar-refractivity contribution in [1.29, 1.82) is 5.26 Å². The molecule has 2 aromatic carbocycles. The highest BCUT2D eigenvalue weighted by molar-refractivity contribution is 7.13. The first kappa shape index (κ1) is 22.4. The topological polar surface area (TPSA) is 85.2 Å². The van der Waals surface area contributed by atoms with Crippen LogP contribution in [0.3, 0.4) is 0 Å². The number of amides is 1. The van der Waals surface area contributed by atoms with Gasteiger partial charge in [-0.25, -0.2) is 0 Å². The number of aromatic nitrogens is 2. The second-order valence-corrected chi connectivity index (χ2v) is 9.18. The summed E-state index contributed by atoms with van der Waals surface area (Å²) in [6.45, 7) is 5.48. The number of nitrogens with one attached hydrogen (secondary N) is 1. The van der Waals surface area contributed by atoms with Crippen LogP contribution in [-0.2, 0) is 13.1 Å². The number of carbonyl (C=O) groups is 1. The van der Waals surface area contributed by atoms with Crippen LogP contribution in [0.1, 0.15) is 32.4 Å². The van der Waals surface area contributed by atoms with Gasteiger partial charge < -0.3 is 5.32 Å². The first-order valence-electron chi connectivity index (χ1n) is 10.4. The fraction of sp³-hybridized carbons (Fsp3) is 0.304. The van der Waals surface area contributed by atoms with E-state index in [4.69, 9.17) is 16.9 Å². The monoisotopic (exact) mass is 466 g/mol. The van der Waals surface area contributed by atoms with E-state index in [9.17, 15) is 4.79 Å². The van der Waals surface area contributed by atoms with E-state index in [-0.39, 0.29) is 5.91 Å². The Morgan fingerprint density at radius 3 is 2.38 bits per heavy atom. The zero-order valence-electron chi connectivity index (χ0n) is 17.5. The predicted molar refractivity (Wildman–Crippen MR) is 126 cm³/mol. The van der Waals surface area contributed by atoms with Crippen LogP contribution >= 0.6 is 22.9 Å². The molecule has 164 valence electrons. The van der Waals surface area contributed by atoms with Gasteiger partial charge in [-0.1, -0.05) is 35.1 Å². The molecule has 0 aliphatic carbocycles. The molecule has 1 aliphatic heterocycles. The van der Waals surface area contributed by atoms with Gasteiger partial charge in [0.05, 0.1) is 18.2 Å². The van der Waals surface area contributed by atoms with E-state index in [1.807, 2.05) is 24.3 Å². The summed E-state index contributed by atoms with van der Waals surface area (Å²) < 4.78 is 0. The Bertz CT molecular complexity index is 1090. The fourth-order valence-corrected chi connectivity index (χ4v) is 4.51. The summed E-state index contributed by atoms with van der Waals surface area (Å²) >= 11 is 7.21. The Hall–Kier alpha value is -2.83. The minimum Gasteiger partial charge on any atom is -0.320 e. The van der Waals surface area contributed by atoms with Crippen LogP contribution in [0.25, 0.3) is 0 Å². The molecule has 32 heavy (non-hydrogen) atoms. The van der Waals surface area contributed by atoms with Crippen molar-refractivity contribution < 1.29 is 4.79 Å². The van der Waals surface area contributed by atoms with E-state index in [2.05, 4.69) is 31.4 Å². The van der Waals surface area contributed by atoms with Gasteiger partial charge in [0.2, 0.25) is 5.01 Å². The lowest BCUT2D eigenvalue weighted by molar-refractivity contribution is 0.102. The second kappa shape index (κ2) is 10.7. The van der Waals surface area contributed by atoms with Crippen molar-refractivity contribution in [2.45, 2.75) is 19.5 Å². The molecule has 4 rings (SSSR count). The minimum atomic E-state index is -0.263. The van der Waals surface area contributed by atoms with Crippen molar-refractivity contribution in [1.82, 2.24) is 20.0 Å². The number of hydrogen-bond donors (Lipinski definition) is 1. The van der Waals surface area contributed by atoms with Crippen LogP contribution < -0.4 is 5.32 Å². The van der Waals surface area contributed by atoms with Crippen LogP contribution in [0.5, 0.6) is 0 Å². The number of anilines is 1. The van der Waals surface area contributed by atoms with Crippen LogP contribution in [0.4, 0.5) is 5.69 Å². The zero-order valence-corrected chi connectivity index (χ0v) is 19.1. The lowest BCUT2D eigenvalue weighted by atomic mass is 10.1. The number of hydrogen-bond acceptors (Lipinski definition) is 7. The SMILES string of the molecule is N#Cc1ccc(CN2CCCN(Cc3nnc(C(=O)Nc4ccc(Cl)cc4)s3)CC2)cc1. The maximum Gasteiger partial charge on any atom is 0.286 e. The molecule has 0 spiro atoms. The molecule has 2 heterocycles. The maximum absolute atomic E-state index is 12.4. The molecule has 1 fully saturated rings. The smallest absolute Gasteiger partial charge is 0.286 e. The molecule has 1 saturated heterocycles. The number of rotatable bonds is 6. The number of nitrogens with zero attached hydrogens (tertiary/aromatic N) is 5. The number of benzene rings is 2. The normalized spacial score (nSPS) is 15.1. The second-order valence-electron chi connectivity index (χ2n) is 7.68. The maximum atomic E-state index is 12.4. The summed E-state index contributed by atoms with van der Waals surface area (Å²) in [4.78, 5) is 17.2. The molecule has 0 unspecified atom stereocenters. The largest absolute Gasteiger partial charge is 0.320 e. The van der Waals surface area contributed by atoms with Gasteiger partial charge in [-0.05, 0) is 61.5 Å². The predicted octanol–water partition coefficient (Wildman–Crippen LogP) is 4.02. The Morgan fingerprint density at radius 1 is 1.00 bits per heavy atom. The molecule has 9 heteroatoms. The minimum absolute atomic E-state index is 0.263. The molecule has 1 aromatic heterocycles. The van der Waals surface area contributed by atoms with Crippen LogP contribution in [0.15, 0.2) is 48.5 Å². The zero-order chi connectivity index (χ0) is 22.3. The van der Waals surface area contributed by atoms with Gasteiger partial charge in [-0.3, -0.25) is 14.6 Å². The molecule has 0 saturated carbocycles. The summed E-state index contributed by atoms with van der Waals surface area (Å²) in [5, 5.41) is 21.9. The molecule has 0 atom stereocenters. The third kappa shape index (κ3) is 6.11. The van der Waals surface area contributed by atoms with Crippen molar-refractivity contribution in [3.8, 4) is 6.07 Å². The van der Waals surface area contributed by atoms with E-state index >= 15 is 0 Å². The van der Waals surface area contributed by atoms with Crippen LogP contribution in [0, 0.1) is 11.3 Å². The fourth-order valence-electron chi connectivity index (χ4n) is 3.60. The van der Waals surface area contributed by atoms with Gasteiger partial charge in [-0.2, -0.15) is 5.26 Å². The van der Waals surface area contributed by atoms with Crippen LogP contribution in [0.2, 0.25) is 5.02 Å². The summed E-state index contributed by atoms with van der Waals surface area (Å²) in [6, 6.07) is 16.9. The molecule has 1 aliphatic rings. The van der Waals surface area contributed by atoms with Gasteiger partial charge in [0, 0.05) is 30.3 Å². The lowest BCUT2D eigenvalue weighted by Crippen LogP contribution is -2.30. The van der Waals surface area contributed by atoms with Crippen LogP contribution in [-0.4, -0.2) is 52.1 Å². The van der Waals surface area contributed by atoms with Gasteiger partial charge in [0.25, 0.3) is 5.91 Å². The van der Waals surface area contributed by atoms with E-state index in [1.165, 1.54) is 16.9 Å². The third-order valence-electron chi connectivity index (χ3n) is 5.29. The third-order valence-corrected chi connectivity index (χ3v) is 6.45. The quantitative estimate of drug-likeness (QED) is 0.590. The van der Waals surface area contributed by atoms with Gasteiger partial charge in [-0.15, -0.1) is 10.2 Å². The standard InChI is InChI=1S/C23H23ClN6OS/c24-19-6-8-20(9-7-19)26-22(31)23-28-27-21(32-23)16-30-11-1-10-29(12-13-30)15-18-4-2-17(14-25)3-5-18/h2-9H,1,10-13,15-16H2,(H,26,31). The molecule has 7 nitrogen and oxygen atoms in total. The van der Waals surface area contributed by atoms with E-state index in [0.29, 0.717) is 27.8 Å². The van der Waals surface area contributed by atoms with Gasteiger partial charge in [0.15, 0.2) is 0 Å². The molecule has 1 N–H and O–H groups in total. The highest BCUT2D eigenvalue weighted by Gasteiger charge is 2.18. The average Bonchev–Trinajstić information content (AvgIpc) is 3.17. The Balaban J connectivity index is 1.28. The number of carbonyl (C=O) groups excluding carboxylic acids is 1. The first-order valence-corrected chi connectivity index (χ1v) is 11.6. The highest BCUT2D eigenvalue weighted by atomic mass is 35.5. The highest BCUT2D eigenvalue weighted by Crippen LogP contribution is 2.18. The van der Waals surface area contributed by atoms with Crippen molar-refractivity contribution in [3.05, 3.63) is 74.7 Å². The van der Waals surface area contributed by atoms with E-state index in [0.717, 1.165) is 44.2 Å². The van der Waals surface area contributed by atoms with Crippen molar-refractivity contribution in [2.75, 3.05) is 31.5 Å². The Labute approximate surface area is 196 Å². The van der Waals surface area contributed by atoms with Gasteiger partial charge in [0.1, 0.15) is 5.01 Å². The number of halogens is 1. The lowest BCUT2D eigenvalue weighted by Gasteiger charge is -2.21. The number of nitriles is 1. The molecular formula is C23H23ClN6OS. The average molecular weight is 467 g/mol. The molecule has 3 aromatic rings. The molecule has 0 radical (unpaired) electrons. The molecule has 0 bridgehead atoms.